The lowest BCUT2D eigenvalue weighted by atomic mass is 9.99. The van der Waals surface area contributed by atoms with Gasteiger partial charge in [0, 0.05) is 24.7 Å². The van der Waals surface area contributed by atoms with Crippen molar-refractivity contribution in [1.29, 1.82) is 0 Å². The average Bonchev–Trinajstić information content (AvgIpc) is 2.77. The van der Waals surface area contributed by atoms with Crippen LogP contribution in [0.25, 0.3) is 0 Å². The molecule has 3 nitrogen and oxygen atoms in total. The molecule has 0 aliphatic carbocycles. The lowest BCUT2D eigenvalue weighted by Crippen LogP contribution is -2.33. The maximum absolute atomic E-state index is 4.65. The monoisotopic (exact) mass is 265 g/mol. The fourth-order valence-electron chi connectivity index (χ4n) is 2.53. The molecule has 0 aromatic carbocycles. The normalized spacial score (nSPS) is 13.2. The molecule has 0 saturated carbocycles. The molecule has 0 aliphatic rings. The summed E-state index contributed by atoms with van der Waals surface area (Å²) < 4.78 is 2.17. The highest BCUT2D eigenvalue weighted by Crippen LogP contribution is 2.13. The van der Waals surface area contributed by atoms with E-state index < -0.39 is 0 Å². The number of hydrogen-bond acceptors (Lipinski definition) is 2. The lowest BCUT2D eigenvalue weighted by Gasteiger charge is -2.20. The van der Waals surface area contributed by atoms with Gasteiger partial charge in [-0.1, -0.05) is 27.7 Å². The minimum atomic E-state index is 0.576. The highest BCUT2D eigenvalue weighted by molar-refractivity contribution is 5.12. The van der Waals surface area contributed by atoms with E-state index in [-0.39, 0.29) is 0 Å². The first-order valence-corrected chi connectivity index (χ1v) is 7.89. The fourth-order valence-corrected chi connectivity index (χ4v) is 2.53. The van der Waals surface area contributed by atoms with Gasteiger partial charge in [0.1, 0.15) is 0 Å². The number of aryl methyl sites for hydroxylation is 2. The van der Waals surface area contributed by atoms with Gasteiger partial charge >= 0.3 is 0 Å². The molecule has 1 heterocycles. The van der Waals surface area contributed by atoms with Crippen LogP contribution in [0.1, 0.15) is 58.8 Å². The molecule has 110 valence electrons. The van der Waals surface area contributed by atoms with Crippen molar-refractivity contribution in [3.63, 3.8) is 0 Å². The third-order valence-electron chi connectivity index (χ3n) is 3.47. The largest absolute Gasteiger partial charge is 0.314 e. The second-order valence-electron chi connectivity index (χ2n) is 5.78. The number of nitrogens with one attached hydrogen (secondary N) is 1. The molecule has 1 unspecified atom stereocenters. The Labute approximate surface area is 118 Å². The van der Waals surface area contributed by atoms with Gasteiger partial charge in [0.2, 0.25) is 0 Å². The van der Waals surface area contributed by atoms with Crippen LogP contribution in [0.4, 0.5) is 0 Å². The summed E-state index contributed by atoms with van der Waals surface area (Å²) in [5, 5.41) is 8.34. The van der Waals surface area contributed by atoms with Crippen LogP contribution in [-0.2, 0) is 19.4 Å². The summed E-state index contributed by atoms with van der Waals surface area (Å²) in [7, 11) is 0. The number of aromatic nitrogens is 2. The summed E-state index contributed by atoms with van der Waals surface area (Å²) in [6, 6.07) is 2.86. The van der Waals surface area contributed by atoms with Crippen molar-refractivity contribution in [3.8, 4) is 0 Å². The Morgan fingerprint density at radius 1 is 1.26 bits per heavy atom. The molecule has 1 rings (SSSR count). The van der Waals surface area contributed by atoms with Crippen molar-refractivity contribution in [2.45, 2.75) is 72.9 Å². The second kappa shape index (κ2) is 8.36. The quantitative estimate of drug-likeness (QED) is 0.741. The predicted octanol–water partition coefficient (Wildman–Crippen LogP) is 3.42. The van der Waals surface area contributed by atoms with Crippen molar-refractivity contribution in [2.75, 3.05) is 6.54 Å². The second-order valence-corrected chi connectivity index (χ2v) is 5.78. The van der Waals surface area contributed by atoms with Gasteiger partial charge in [0.25, 0.3) is 0 Å². The van der Waals surface area contributed by atoms with Crippen molar-refractivity contribution in [2.24, 2.45) is 5.92 Å². The third-order valence-corrected chi connectivity index (χ3v) is 3.47. The first-order chi connectivity index (χ1) is 9.10. The molecule has 0 aliphatic heterocycles. The highest BCUT2D eigenvalue weighted by atomic mass is 15.3. The number of rotatable bonds is 9. The van der Waals surface area contributed by atoms with E-state index in [9.17, 15) is 0 Å². The van der Waals surface area contributed by atoms with Crippen LogP contribution < -0.4 is 5.32 Å². The van der Waals surface area contributed by atoms with Gasteiger partial charge in [-0.15, -0.1) is 0 Å². The van der Waals surface area contributed by atoms with Gasteiger partial charge in [-0.3, -0.25) is 4.68 Å². The van der Waals surface area contributed by atoms with Crippen LogP contribution in [0.15, 0.2) is 6.07 Å². The fraction of sp³-hybridized carbons (Fsp3) is 0.812. The van der Waals surface area contributed by atoms with Crippen LogP contribution in [-0.4, -0.2) is 22.4 Å². The summed E-state index contributed by atoms with van der Waals surface area (Å²) in [5.74, 6) is 0.734. The molecule has 19 heavy (non-hydrogen) atoms. The first-order valence-electron chi connectivity index (χ1n) is 7.89. The van der Waals surface area contributed by atoms with E-state index in [4.69, 9.17) is 0 Å². The topological polar surface area (TPSA) is 29.9 Å². The van der Waals surface area contributed by atoms with Gasteiger partial charge in [-0.05, 0) is 44.7 Å². The standard InChI is InChI=1S/C16H31N3/c1-6-9-17-15(10-13(4)5)12-16-11-14(7-2)18-19(16)8-3/h11,13,15,17H,6-10,12H2,1-5H3. The Morgan fingerprint density at radius 3 is 2.53 bits per heavy atom. The molecule has 0 saturated heterocycles. The van der Waals surface area contributed by atoms with Crippen molar-refractivity contribution in [1.82, 2.24) is 15.1 Å². The van der Waals surface area contributed by atoms with Gasteiger partial charge in [0.05, 0.1) is 5.69 Å². The Balaban J connectivity index is 2.73. The smallest absolute Gasteiger partial charge is 0.0624 e. The van der Waals surface area contributed by atoms with Crippen LogP contribution in [0.2, 0.25) is 0 Å². The van der Waals surface area contributed by atoms with Crippen molar-refractivity contribution < 1.29 is 0 Å². The van der Waals surface area contributed by atoms with Gasteiger partial charge < -0.3 is 5.32 Å². The molecule has 0 spiro atoms. The summed E-state index contributed by atoms with van der Waals surface area (Å²) in [5.41, 5.74) is 2.60. The Bertz CT molecular complexity index is 355. The zero-order valence-electron chi connectivity index (χ0n) is 13.4. The summed E-state index contributed by atoms with van der Waals surface area (Å²) in [4.78, 5) is 0. The Morgan fingerprint density at radius 2 is 2.00 bits per heavy atom. The number of hydrogen-bond donors (Lipinski definition) is 1. The Kier molecular flexibility index (Phi) is 7.14. The van der Waals surface area contributed by atoms with E-state index in [0.29, 0.717) is 6.04 Å². The molecule has 1 aromatic heterocycles. The van der Waals surface area contributed by atoms with Gasteiger partial charge in [-0.25, -0.2) is 0 Å². The van der Waals surface area contributed by atoms with Crippen LogP contribution in [0.3, 0.4) is 0 Å². The zero-order chi connectivity index (χ0) is 14.3. The van der Waals surface area contributed by atoms with E-state index in [1.165, 1.54) is 24.2 Å². The van der Waals surface area contributed by atoms with Crippen LogP contribution in [0, 0.1) is 5.92 Å². The van der Waals surface area contributed by atoms with E-state index in [1.807, 2.05) is 0 Å². The highest BCUT2D eigenvalue weighted by Gasteiger charge is 2.14. The van der Waals surface area contributed by atoms with Gasteiger partial charge in [0.15, 0.2) is 0 Å². The predicted molar refractivity (Wildman–Crippen MR) is 82.5 cm³/mol. The zero-order valence-corrected chi connectivity index (χ0v) is 13.4. The molecule has 0 radical (unpaired) electrons. The minimum Gasteiger partial charge on any atom is -0.314 e. The first kappa shape index (κ1) is 16.2. The van der Waals surface area contributed by atoms with Crippen molar-refractivity contribution in [3.05, 3.63) is 17.5 Å². The summed E-state index contributed by atoms with van der Waals surface area (Å²) >= 11 is 0. The molecular weight excluding hydrogens is 234 g/mol. The Hall–Kier alpha value is -0.830. The maximum atomic E-state index is 4.65. The van der Waals surface area contributed by atoms with Crippen LogP contribution >= 0.6 is 0 Å². The lowest BCUT2D eigenvalue weighted by molar-refractivity contribution is 0.407. The molecule has 0 fully saturated rings. The summed E-state index contributed by atoms with van der Waals surface area (Å²) in [6.07, 6.45) is 4.55. The van der Waals surface area contributed by atoms with E-state index in [0.717, 1.165) is 31.8 Å². The molecule has 3 heteroatoms. The minimum absolute atomic E-state index is 0.576. The van der Waals surface area contributed by atoms with Crippen LogP contribution in [0.5, 0.6) is 0 Å². The molecule has 0 bridgehead atoms. The molecule has 1 N–H and O–H groups in total. The molecule has 0 amide bonds. The molecule has 1 atom stereocenters. The van der Waals surface area contributed by atoms with E-state index in [2.05, 4.69) is 55.8 Å². The molecular formula is C16H31N3. The van der Waals surface area contributed by atoms with E-state index in [1.54, 1.807) is 0 Å². The molecule has 1 aromatic rings. The number of nitrogens with zero attached hydrogens (tertiary/aromatic N) is 2. The average molecular weight is 265 g/mol. The SMILES string of the molecule is CCCNC(Cc1cc(CC)nn1CC)CC(C)C. The third kappa shape index (κ3) is 5.35. The van der Waals surface area contributed by atoms with Crippen molar-refractivity contribution >= 4 is 0 Å². The maximum Gasteiger partial charge on any atom is 0.0624 e. The van der Waals surface area contributed by atoms with Gasteiger partial charge in [-0.2, -0.15) is 5.10 Å². The summed E-state index contributed by atoms with van der Waals surface area (Å²) in [6.45, 7) is 13.3. The van der Waals surface area contributed by atoms with E-state index >= 15 is 0 Å².